The molecule has 7 heteroatoms. The molecule has 0 bridgehead atoms. The third kappa shape index (κ3) is 4.35. The molecule has 1 unspecified atom stereocenters. The Morgan fingerprint density at radius 1 is 1.03 bits per heavy atom. The number of carbonyl (C=O) groups is 2. The SMILES string of the molecule is NC(=O)c1cccc(-c2nccnc2C2CCCN(C(=O)Cc3ccccn3)C2)c1. The summed E-state index contributed by atoms with van der Waals surface area (Å²) in [5.74, 6) is -0.335. The van der Waals surface area contributed by atoms with Crippen molar-refractivity contribution in [2.45, 2.75) is 25.2 Å². The number of piperidine rings is 1. The predicted molar refractivity (Wildman–Crippen MR) is 112 cm³/mol. The number of primary amides is 1. The van der Waals surface area contributed by atoms with E-state index in [2.05, 4.69) is 15.0 Å². The van der Waals surface area contributed by atoms with Crippen LogP contribution in [0.3, 0.4) is 0 Å². The van der Waals surface area contributed by atoms with Crippen LogP contribution in [-0.4, -0.2) is 44.8 Å². The first-order valence-electron chi connectivity index (χ1n) is 10.0. The maximum Gasteiger partial charge on any atom is 0.248 e. The highest BCUT2D eigenvalue weighted by Crippen LogP contribution is 2.32. The Balaban J connectivity index is 1.56. The number of amides is 2. The van der Waals surface area contributed by atoms with Crippen LogP contribution in [0, 0.1) is 0 Å². The molecule has 0 radical (unpaired) electrons. The van der Waals surface area contributed by atoms with E-state index in [4.69, 9.17) is 5.73 Å². The van der Waals surface area contributed by atoms with Crippen molar-refractivity contribution in [2.75, 3.05) is 13.1 Å². The van der Waals surface area contributed by atoms with E-state index >= 15 is 0 Å². The van der Waals surface area contributed by atoms with Gasteiger partial charge >= 0.3 is 0 Å². The van der Waals surface area contributed by atoms with Crippen LogP contribution in [0.15, 0.2) is 61.1 Å². The van der Waals surface area contributed by atoms with Crippen LogP contribution in [0.5, 0.6) is 0 Å². The molecule has 2 amide bonds. The van der Waals surface area contributed by atoms with E-state index in [-0.39, 0.29) is 11.8 Å². The number of hydrogen-bond donors (Lipinski definition) is 1. The van der Waals surface area contributed by atoms with Gasteiger partial charge in [0.1, 0.15) is 0 Å². The minimum absolute atomic E-state index is 0.0690. The Kier molecular flexibility index (Phi) is 5.79. The van der Waals surface area contributed by atoms with Gasteiger partial charge in [-0.1, -0.05) is 18.2 Å². The summed E-state index contributed by atoms with van der Waals surface area (Å²) in [6.07, 6.45) is 7.13. The van der Waals surface area contributed by atoms with Gasteiger partial charge in [0.05, 0.1) is 17.8 Å². The number of nitrogens with zero attached hydrogens (tertiary/aromatic N) is 4. The molecule has 1 atom stereocenters. The minimum atomic E-state index is -0.480. The summed E-state index contributed by atoms with van der Waals surface area (Å²) in [5, 5.41) is 0. The molecule has 2 N–H and O–H groups in total. The molecule has 7 nitrogen and oxygen atoms in total. The number of rotatable bonds is 5. The zero-order chi connectivity index (χ0) is 20.9. The second-order valence-corrected chi connectivity index (χ2v) is 7.41. The molecule has 4 rings (SSSR count). The number of benzene rings is 1. The molecule has 0 saturated carbocycles. The van der Waals surface area contributed by atoms with Crippen LogP contribution >= 0.6 is 0 Å². The fourth-order valence-corrected chi connectivity index (χ4v) is 3.89. The van der Waals surface area contributed by atoms with Gasteiger partial charge in [0.2, 0.25) is 11.8 Å². The third-order valence-corrected chi connectivity index (χ3v) is 5.37. The zero-order valence-corrected chi connectivity index (χ0v) is 16.6. The van der Waals surface area contributed by atoms with Gasteiger partial charge in [-0.25, -0.2) is 0 Å². The lowest BCUT2D eigenvalue weighted by molar-refractivity contribution is -0.131. The fraction of sp³-hybridized carbons (Fsp3) is 0.261. The Labute approximate surface area is 175 Å². The summed E-state index contributed by atoms with van der Waals surface area (Å²) < 4.78 is 0. The van der Waals surface area contributed by atoms with Crippen LogP contribution in [0.25, 0.3) is 11.3 Å². The molecule has 1 aliphatic rings. The molecule has 0 aliphatic carbocycles. The van der Waals surface area contributed by atoms with E-state index < -0.39 is 5.91 Å². The van der Waals surface area contributed by atoms with E-state index in [1.165, 1.54) is 0 Å². The first-order valence-corrected chi connectivity index (χ1v) is 10.0. The third-order valence-electron chi connectivity index (χ3n) is 5.37. The van der Waals surface area contributed by atoms with Gasteiger partial charge in [0.15, 0.2) is 0 Å². The van der Waals surface area contributed by atoms with Crippen molar-refractivity contribution in [2.24, 2.45) is 5.73 Å². The molecule has 1 aromatic carbocycles. The van der Waals surface area contributed by atoms with Gasteiger partial charge in [-0.3, -0.25) is 24.5 Å². The van der Waals surface area contributed by atoms with E-state index in [1.807, 2.05) is 29.2 Å². The summed E-state index contributed by atoms with van der Waals surface area (Å²) in [6, 6.07) is 12.7. The van der Waals surface area contributed by atoms with Gasteiger partial charge < -0.3 is 10.6 Å². The summed E-state index contributed by atoms with van der Waals surface area (Å²) in [4.78, 5) is 39.7. The van der Waals surface area contributed by atoms with Crippen molar-refractivity contribution >= 4 is 11.8 Å². The van der Waals surface area contributed by atoms with Crippen LogP contribution in [-0.2, 0) is 11.2 Å². The standard InChI is InChI=1S/C23H23N5O2/c24-23(30)17-6-3-5-16(13-17)21-22(27-11-10-26-21)18-7-4-12-28(15-18)20(29)14-19-8-1-2-9-25-19/h1-3,5-6,8-11,13,18H,4,7,12,14-15H2,(H2,24,30). The van der Waals surface area contributed by atoms with Crippen LogP contribution < -0.4 is 5.73 Å². The number of aromatic nitrogens is 3. The average Bonchev–Trinajstić information content (AvgIpc) is 2.80. The summed E-state index contributed by atoms with van der Waals surface area (Å²) >= 11 is 0. The molecular weight excluding hydrogens is 378 g/mol. The lowest BCUT2D eigenvalue weighted by atomic mass is 9.91. The van der Waals surface area contributed by atoms with Gasteiger partial charge in [0, 0.05) is 54.4 Å². The van der Waals surface area contributed by atoms with Crippen molar-refractivity contribution in [3.05, 3.63) is 78.0 Å². The van der Waals surface area contributed by atoms with E-state index in [0.717, 1.165) is 42.0 Å². The predicted octanol–water partition coefficient (Wildman–Crippen LogP) is 2.59. The second kappa shape index (κ2) is 8.82. The maximum absolute atomic E-state index is 12.8. The van der Waals surface area contributed by atoms with Crippen LogP contribution in [0.4, 0.5) is 0 Å². The summed E-state index contributed by atoms with van der Waals surface area (Å²) in [5.41, 5.74) is 9.00. The molecule has 1 fully saturated rings. The molecule has 1 saturated heterocycles. The largest absolute Gasteiger partial charge is 0.366 e. The number of hydrogen-bond acceptors (Lipinski definition) is 5. The van der Waals surface area contributed by atoms with Crippen molar-refractivity contribution in [3.8, 4) is 11.3 Å². The Morgan fingerprint density at radius 3 is 2.70 bits per heavy atom. The van der Waals surface area contributed by atoms with Gasteiger partial charge in [-0.05, 0) is 37.1 Å². The quantitative estimate of drug-likeness (QED) is 0.708. The fourth-order valence-electron chi connectivity index (χ4n) is 3.89. The smallest absolute Gasteiger partial charge is 0.248 e. The molecule has 0 spiro atoms. The van der Waals surface area contributed by atoms with Gasteiger partial charge in [-0.15, -0.1) is 0 Å². The lowest BCUT2D eigenvalue weighted by Crippen LogP contribution is -2.40. The van der Waals surface area contributed by atoms with Gasteiger partial charge in [-0.2, -0.15) is 0 Å². The first-order chi connectivity index (χ1) is 14.6. The van der Waals surface area contributed by atoms with Gasteiger partial charge in [0.25, 0.3) is 0 Å². The highest BCUT2D eigenvalue weighted by Gasteiger charge is 2.28. The maximum atomic E-state index is 12.8. The van der Waals surface area contributed by atoms with Crippen molar-refractivity contribution in [1.82, 2.24) is 19.9 Å². The highest BCUT2D eigenvalue weighted by molar-refractivity contribution is 5.94. The first kappa shape index (κ1) is 19.7. The summed E-state index contributed by atoms with van der Waals surface area (Å²) in [7, 11) is 0. The molecule has 1 aliphatic heterocycles. The van der Waals surface area contributed by atoms with Crippen LogP contribution in [0.1, 0.15) is 40.5 Å². The number of likely N-dealkylation sites (tertiary alicyclic amines) is 1. The summed E-state index contributed by atoms with van der Waals surface area (Å²) in [6.45, 7) is 1.32. The van der Waals surface area contributed by atoms with E-state index in [0.29, 0.717) is 18.5 Å². The molecule has 2 aromatic heterocycles. The molecular formula is C23H23N5O2. The second-order valence-electron chi connectivity index (χ2n) is 7.41. The van der Waals surface area contributed by atoms with E-state index in [9.17, 15) is 9.59 Å². The minimum Gasteiger partial charge on any atom is -0.366 e. The lowest BCUT2D eigenvalue weighted by Gasteiger charge is -2.33. The highest BCUT2D eigenvalue weighted by atomic mass is 16.2. The molecule has 3 aromatic rings. The number of carbonyl (C=O) groups excluding carboxylic acids is 2. The van der Waals surface area contributed by atoms with Crippen molar-refractivity contribution in [3.63, 3.8) is 0 Å². The normalized spacial score (nSPS) is 16.3. The Hall–Kier alpha value is -3.61. The average molecular weight is 401 g/mol. The number of nitrogens with two attached hydrogens (primary N) is 1. The molecule has 30 heavy (non-hydrogen) atoms. The van der Waals surface area contributed by atoms with Crippen molar-refractivity contribution in [1.29, 1.82) is 0 Å². The van der Waals surface area contributed by atoms with Crippen LogP contribution in [0.2, 0.25) is 0 Å². The molecule has 3 heterocycles. The topological polar surface area (TPSA) is 102 Å². The van der Waals surface area contributed by atoms with E-state index in [1.54, 1.807) is 36.8 Å². The number of pyridine rings is 1. The Morgan fingerprint density at radius 2 is 1.90 bits per heavy atom. The monoisotopic (exact) mass is 401 g/mol. The molecule has 152 valence electrons. The van der Waals surface area contributed by atoms with Crippen molar-refractivity contribution < 1.29 is 9.59 Å². The zero-order valence-electron chi connectivity index (χ0n) is 16.6. The Bertz CT molecular complexity index is 1050.